The van der Waals surface area contributed by atoms with Crippen molar-refractivity contribution in [1.29, 1.82) is 0 Å². The number of rotatable bonds is 8. The number of aromatic amines is 2. The fourth-order valence-electron chi connectivity index (χ4n) is 9.32. The summed E-state index contributed by atoms with van der Waals surface area (Å²) in [5.74, 6) is 2.00. The van der Waals surface area contributed by atoms with Crippen LogP contribution in [0.2, 0.25) is 0 Å². The van der Waals surface area contributed by atoms with Gasteiger partial charge in [0.15, 0.2) is 0 Å². The van der Waals surface area contributed by atoms with Crippen molar-refractivity contribution in [3.63, 3.8) is 0 Å². The molecule has 1 unspecified atom stereocenters. The van der Waals surface area contributed by atoms with E-state index >= 15 is 0 Å². The minimum absolute atomic E-state index is 0.0307. The van der Waals surface area contributed by atoms with E-state index in [1.807, 2.05) is 63.6 Å². The van der Waals surface area contributed by atoms with Crippen LogP contribution < -0.4 is 15.4 Å². The Morgan fingerprint density at radius 1 is 0.885 bits per heavy atom. The standard InChI is InChI=1S/C46H56N8O7/c1-23(2)37(51-44(57)59-8)42(55)53-21-24(3)16-35(53)41-48-32-14-12-26-18-31-29-13-11-27(17-28(29)22-61-36(31)19-30(26)38(32)50-41)33-20-47-40(49-33)34-15-10-25(4)54(34)43(56)39(46(5,6)7)52-45(58)60-9/h11-14,17-20,23-25,34-35,37,39H,10,15-16,21-22H2,1-9H3,(H,47,49)(H,48,50)(H,51,57)(H,52,58)/t24-,25-,34-,35-,37-,39?/m0/s1. The van der Waals surface area contributed by atoms with Gasteiger partial charge in [-0.2, -0.15) is 0 Å². The van der Waals surface area contributed by atoms with Gasteiger partial charge in [0.2, 0.25) is 11.8 Å². The molecule has 4 amide bonds. The maximum Gasteiger partial charge on any atom is 0.407 e. The number of fused-ring (bicyclic) bond motifs is 6. The molecule has 6 atom stereocenters. The molecule has 2 aromatic heterocycles. The molecule has 0 saturated carbocycles. The predicted octanol–water partition coefficient (Wildman–Crippen LogP) is 7.78. The van der Waals surface area contributed by atoms with Gasteiger partial charge in [0.25, 0.3) is 0 Å². The number of aromatic nitrogens is 4. The highest BCUT2D eigenvalue weighted by atomic mass is 16.5. The highest BCUT2D eigenvalue weighted by molar-refractivity contribution is 6.07. The molecular weight excluding hydrogens is 777 g/mol. The lowest BCUT2D eigenvalue weighted by Gasteiger charge is -2.36. The fraction of sp³-hybridized carbons (Fsp3) is 0.478. The Kier molecular flexibility index (Phi) is 10.9. The zero-order valence-electron chi connectivity index (χ0n) is 36.3. The van der Waals surface area contributed by atoms with Gasteiger partial charge >= 0.3 is 12.2 Å². The first-order chi connectivity index (χ1) is 29.1. The van der Waals surface area contributed by atoms with Crippen molar-refractivity contribution >= 4 is 45.8 Å². The van der Waals surface area contributed by atoms with Crippen LogP contribution in [0.15, 0.2) is 48.7 Å². The first kappa shape index (κ1) is 41.6. The van der Waals surface area contributed by atoms with Crippen LogP contribution in [0.3, 0.4) is 0 Å². The topological polar surface area (TPSA) is 184 Å². The molecule has 3 aliphatic heterocycles. The van der Waals surface area contributed by atoms with E-state index in [0.29, 0.717) is 24.8 Å². The molecule has 2 saturated heterocycles. The first-order valence-corrected chi connectivity index (χ1v) is 21.2. The minimum atomic E-state index is -0.771. The molecule has 8 rings (SSSR count). The third kappa shape index (κ3) is 7.74. The van der Waals surface area contributed by atoms with E-state index in [2.05, 4.69) is 63.9 Å². The minimum Gasteiger partial charge on any atom is -0.488 e. The van der Waals surface area contributed by atoms with Gasteiger partial charge in [-0.3, -0.25) is 9.59 Å². The SMILES string of the molecule is COC(=O)NC(C(=O)N1[C@@H](C)CC[C@H]1c1ncc(-c2ccc3c(c2)COc2cc4c(ccc5nc([C@@H]6C[C@H](C)CN6C(=O)[C@@H](NC(=O)OC)C(C)C)[nH]c54)cc2-3)[nH]1)C(C)(C)C. The zero-order chi connectivity index (χ0) is 43.5. The third-order valence-corrected chi connectivity index (χ3v) is 12.6. The summed E-state index contributed by atoms with van der Waals surface area (Å²) < 4.78 is 16.1. The van der Waals surface area contributed by atoms with Crippen LogP contribution in [0.5, 0.6) is 5.75 Å². The second kappa shape index (κ2) is 16.1. The van der Waals surface area contributed by atoms with Crippen molar-refractivity contribution < 1.29 is 33.4 Å². The molecule has 0 bridgehead atoms. The van der Waals surface area contributed by atoms with E-state index in [1.54, 1.807) is 0 Å². The second-order valence-corrected chi connectivity index (χ2v) is 18.3. The second-order valence-electron chi connectivity index (χ2n) is 18.3. The van der Waals surface area contributed by atoms with Crippen molar-refractivity contribution in [2.75, 3.05) is 20.8 Å². The van der Waals surface area contributed by atoms with Gasteiger partial charge in [-0.15, -0.1) is 0 Å². The molecule has 4 N–H and O–H groups in total. The van der Waals surface area contributed by atoms with Gasteiger partial charge in [0.1, 0.15) is 36.1 Å². The Labute approximate surface area is 355 Å². The van der Waals surface area contributed by atoms with Crippen LogP contribution >= 0.6 is 0 Å². The maximum atomic E-state index is 14.1. The molecule has 15 nitrogen and oxygen atoms in total. The van der Waals surface area contributed by atoms with Crippen molar-refractivity contribution in [2.24, 2.45) is 17.3 Å². The number of ether oxygens (including phenoxy) is 3. The van der Waals surface area contributed by atoms with E-state index < -0.39 is 29.7 Å². The number of amides is 4. The fourth-order valence-corrected chi connectivity index (χ4v) is 9.32. The van der Waals surface area contributed by atoms with Gasteiger partial charge in [-0.25, -0.2) is 19.6 Å². The van der Waals surface area contributed by atoms with Gasteiger partial charge in [-0.05, 0) is 89.8 Å². The normalized spacial score (nSPS) is 20.9. The molecule has 61 heavy (non-hydrogen) atoms. The van der Waals surface area contributed by atoms with E-state index in [9.17, 15) is 19.2 Å². The van der Waals surface area contributed by atoms with Crippen molar-refractivity contribution in [3.8, 4) is 28.1 Å². The summed E-state index contributed by atoms with van der Waals surface area (Å²) in [5.41, 5.74) is 6.04. The Balaban J connectivity index is 1.05. The van der Waals surface area contributed by atoms with Crippen LogP contribution in [0.25, 0.3) is 44.2 Å². The molecule has 0 aliphatic carbocycles. The quantitative estimate of drug-likeness (QED) is 0.121. The smallest absolute Gasteiger partial charge is 0.407 e. The van der Waals surface area contributed by atoms with E-state index in [0.717, 1.165) is 74.8 Å². The lowest BCUT2D eigenvalue weighted by Crippen LogP contribution is -2.55. The summed E-state index contributed by atoms with van der Waals surface area (Å²) in [4.78, 5) is 72.9. The largest absolute Gasteiger partial charge is 0.488 e. The number of imidazole rings is 2. The number of carbonyl (C=O) groups excluding carboxylic acids is 4. The molecule has 0 spiro atoms. The highest BCUT2D eigenvalue weighted by Gasteiger charge is 2.44. The summed E-state index contributed by atoms with van der Waals surface area (Å²) in [6.45, 7) is 14.7. The monoisotopic (exact) mass is 832 g/mol. The molecule has 15 heteroatoms. The highest BCUT2D eigenvalue weighted by Crippen LogP contribution is 2.44. The van der Waals surface area contributed by atoms with E-state index in [-0.39, 0.29) is 41.8 Å². The van der Waals surface area contributed by atoms with Crippen molar-refractivity contribution in [1.82, 2.24) is 40.4 Å². The van der Waals surface area contributed by atoms with E-state index in [1.165, 1.54) is 14.2 Å². The number of hydrogen-bond donors (Lipinski definition) is 4. The summed E-state index contributed by atoms with van der Waals surface area (Å²) in [5, 5.41) is 7.49. The number of alkyl carbamates (subject to hydrolysis) is 2. The molecule has 5 aromatic rings. The Hall–Kier alpha value is -6.12. The summed E-state index contributed by atoms with van der Waals surface area (Å²) in [7, 11) is 2.59. The number of nitrogens with one attached hydrogen (secondary N) is 4. The van der Waals surface area contributed by atoms with Gasteiger partial charge in [0, 0.05) is 23.5 Å². The van der Waals surface area contributed by atoms with Crippen LogP contribution in [0.1, 0.15) is 97.0 Å². The summed E-state index contributed by atoms with van der Waals surface area (Å²) >= 11 is 0. The maximum absolute atomic E-state index is 14.1. The lowest BCUT2D eigenvalue weighted by molar-refractivity contribution is -0.139. The Morgan fingerprint density at radius 3 is 2.36 bits per heavy atom. The summed E-state index contributed by atoms with van der Waals surface area (Å²) in [6, 6.07) is 12.6. The molecule has 3 aromatic carbocycles. The number of methoxy groups -OCH3 is 2. The molecule has 5 heterocycles. The van der Waals surface area contributed by atoms with Gasteiger partial charge in [-0.1, -0.05) is 59.7 Å². The number of likely N-dealkylation sites (tertiary alicyclic amines) is 2. The van der Waals surface area contributed by atoms with Crippen molar-refractivity contribution in [2.45, 2.75) is 105 Å². The van der Waals surface area contributed by atoms with Crippen molar-refractivity contribution in [3.05, 3.63) is 65.9 Å². The van der Waals surface area contributed by atoms with Gasteiger partial charge < -0.3 is 44.6 Å². The van der Waals surface area contributed by atoms with Crippen LogP contribution in [0, 0.1) is 17.3 Å². The molecular formula is C46H56N8O7. The molecule has 2 fully saturated rings. The number of benzene rings is 3. The Morgan fingerprint density at radius 2 is 1.64 bits per heavy atom. The number of hydrogen-bond acceptors (Lipinski definition) is 9. The first-order valence-electron chi connectivity index (χ1n) is 21.2. The molecule has 0 radical (unpaired) electrons. The number of carbonyl (C=O) groups is 4. The van der Waals surface area contributed by atoms with Gasteiger partial charge in [0.05, 0.1) is 49.2 Å². The molecule has 322 valence electrons. The zero-order valence-corrected chi connectivity index (χ0v) is 36.3. The third-order valence-electron chi connectivity index (χ3n) is 12.6. The van der Waals surface area contributed by atoms with E-state index in [4.69, 9.17) is 24.2 Å². The number of nitrogens with zero attached hydrogens (tertiary/aromatic N) is 4. The van der Waals surface area contributed by atoms with Crippen LogP contribution in [-0.2, 0) is 25.7 Å². The average Bonchev–Trinajstić information content (AvgIpc) is 4.05. The predicted molar refractivity (Wildman–Crippen MR) is 230 cm³/mol. The van der Waals surface area contributed by atoms with Crippen LogP contribution in [0.4, 0.5) is 9.59 Å². The Bertz CT molecular complexity index is 2520. The van der Waals surface area contributed by atoms with Crippen LogP contribution in [-0.4, -0.2) is 92.6 Å². The molecule has 3 aliphatic rings. The average molecular weight is 833 g/mol. The lowest BCUT2D eigenvalue weighted by atomic mass is 9.85. The summed E-state index contributed by atoms with van der Waals surface area (Å²) in [6.07, 6.45) is 2.85. The number of H-pyrrole nitrogens is 2.